The first-order valence-corrected chi connectivity index (χ1v) is 8.64. The molecule has 132 valence electrons. The van der Waals surface area contributed by atoms with E-state index in [2.05, 4.69) is 31.1 Å². The molecule has 6 heteroatoms. The topological polar surface area (TPSA) is 54.5 Å². The first-order chi connectivity index (χ1) is 11.8. The third-order valence-electron chi connectivity index (χ3n) is 4.13. The zero-order valence-electron chi connectivity index (χ0n) is 14.6. The zero-order valence-corrected chi connectivity index (χ0v) is 15.4. The van der Waals surface area contributed by atoms with Crippen molar-refractivity contribution in [3.05, 3.63) is 53.2 Å². The number of aromatic nitrogens is 1. The number of ether oxygens (including phenoxy) is 1. The van der Waals surface area contributed by atoms with Gasteiger partial charge in [-0.1, -0.05) is 44.5 Å². The number of urea groups is 1. The number of amides is 2. The summed E-state index contributed by atoms with van der Waals surface area (Å²) in [6.07, 6.45) is 1.50. The van der Waals surface area contributed by atoms with Crippen LogP contribution in [0.2, 0.25) is 5.02 Å². The summed E-state index contributed by atoms with van der Waals surface area (Å²) in [6.45, 7) is 7.56. The predicted octanol–water partition coefficient (Wildman–Crippen LogP) is 4.33. The second-order valence-corrected chi connectivity index (χ2v) is 7.65. The van der Waals surface area contributed by atoms with Crippen LogP contribution in [0.3, 0.4) is 0 Å². The fourth-order valence-corrected chi connectivity index (χ4v) is 2.65. The lowest BCUT2D eigenvalue weighted by atomic mass is 9.87. The van der Waals surface area contributed by atoms with Gasteiger partial charge in [0.25, 0.3) is 0 Å². The minimum absolute atomic E-state index is 0.0392. The van der Waals surface area contributed by atoms with Gasteiger partial charge < -0.3 is 15.0 Å². The minimum Gasteiger partial charge on any atom is -0.471 e. The van der Waals surface area contributed by atoms with Crippen molar-refractivity contribution in [3.8, 4) is 5.88 Å². The molecule has 1 fully saturated rings. The van der Waals surface area contributed by atoms with Crippen LogP contribution < -0.4 is 10.1 Å². The summed E-state index contributed by atoms with van der Waals surface area (Å²) in [5.41, 5.74) is 2.13. The first kappa shape index (κ1) is 17.5. The Balaban J connectivity index is 1.48. The van der Waals surface area contributed by atoms with E-state index in [1.54, 1.807) is 23.2 Å². The maximum atomic E-state index is 12.2. The molecule has 1 aromatic carbocycles. The molecule has 2 heterocycles. The molecule has 1 aliphatic heterocycles. The molecule has 1 N–H and O–H groups in total. The average Bonchev–Trinajstić information content (AvgIpc) is 2.51. The quantitative estimate of drug-likeness (QED) is 0.887. The number of halogens is 1. The summed E-state index contributed by atoms with van der Waals surface area (Å²) in [7, 11) is 0. The molecule has 1 aliphatic rings. The lowest BCUT2D eigenvalue weighted by Gasteiger charge is -2.38. The van der Waals surface area contributed by atoms with Crippen molar-refractivity contribution in [1.29, 1.82) is 0 Å². The summed E-state index contributed by atoms with van der Waals surface area (Å²) in [5, 5.41) is 3.48. The van der Waals surface area contributed by atoms with Crippen molar-refractivity contribution in [2.45, 2.75) is 32.3 Å². The normalized spacial score (nSPS) is 14.8. The second-order valence-electron chi connectivity index (χ2n) is 7.22. The van der Waals surface area contributed by atoms with E-state index in [0.717, 1.165) is 5.69 Å². The molecule has 2 aromatic rings. The molecule has 5 nitrogen and oxygen atoms in total. The monoisotopic (exact) mass is 359 g/mol. The van der Waals surface area contributed by atoms with Gasteiger partial charge in [-0.15, -0.1) is 0 Å². The summed E-state index contributed by atoms with van der Waals surface area (Å²) in [5.74, 6) is 0.521. The van der Waals surface area contributed by atoms with Gasteiger partial charge in [0.15, 0.2) is 0 Å². The van der Waals surface area contributed by atoms with Gasteiger partial charge in [0.05, 0.1) is 18.1 Å². The Hall–Kier alpha value is -2.27. The van der Waals surface area contributed by atoms with Crippen LogP contribution in [0.1, 0.15) is 26.3 Å². The van der Waals surface area contributed by atoms with E-state index in [-0.39, 0.29) is 17.6 Å². The van der Waals surface area contributed by atoms with Crippen molar-refractivity contribution in [3.63, 3.8) is 0 Å². The van der Waals surface area contributed by atoms with Gasteiger partial charge in [-0.3, -0.25) is 0 Å². The number of nitrogens with zero attached hydrogens (tertiary/aromatic N) is 2. The molecule has 0 spiro atoms. The lowest BCUT2D eigenvalue weighted by molar-refractivity contribution is 0.0461. The highest BCUT2D eigenvalue weighted by Crippen LogP contribution is 2.24. The molecule has 0 aliphatic carbocycles. The smallest absolute Gasteiger partial charge is 0.322 e. The number of rotatable bonds is 3. The molecule has 2 amide bonds. The van der Waals surface area contributed by atoms with Crippen molar-refractivity contribution >= 4 is 23.3 Å². The summed E-state index contributed by atoms with van der Waals surface area (Å²) in [4.78, 5) is 18.0. The molecule has 0 unspecified atom stereocenters. The first-order valence-electron chi connectivity index (χ1n) is 8.26. The van der Waals surface area contributed by atoms with E-state index in [1.807, 2.05) is 24.3 Å². The van der Waals surface area contributed by atoms with E-state index in [0.29, 0.717) is 24.0 Å². The van der Waals surface area contributed by atoms with Crippen LogP contribution in [0.4, 0.5) is 10.5 Å². The van der Waals surface area contributed by atoms with Crippen LogP contribution in [-0.4, -0.2) is 35.1 Å². The average molecular weight is 360 g/mol. The zero-order chi connectivity index (χ0) is 18.0. The van der Waals surface area contributed by atoms with Crippen LogP contribution >= 0.6 is 11.6 Å². The summed E-state index contributed by atoms with van der Waals surface area (Å²) in [6, 6.07) is 11.3. The van der Waals surface area contributed by atoms with Crippen molar-refractivity contribution < 1.29 is 9.53 Å². The molecule has 0 bridgehead atoms. The van der Waals surface area contributed by atoms with Crippen LogP contribution in [0, 0.1) is 0 Å². The summed E-state index contributed by atoms with van der Waals surface area (Å²) < 4.78 is 5.70. The van der Waals surface area contributed by atoms with Crippen molar-refractivity contribution in [2.75, 3.05) is 18.4 Å². The highest BCUT2D eigenvalue weighted by atomic mass is 35.5. The number of carbonyl (C=O) groups is 1. The maximum Gasteiger partial charge on any atom is 0.322 e. The minimum atomic E-state index is -0.118. The molecule has 1 saturated heterocycles. The van der Waals surface area contributed by atoms with E-state index >= 15 is 0 Å². The Labute approximate surface area is 153 Å². The molecule has 1 aromatic heterocycles. The molecular formula is C19H22ClN3O2. The number of pyridine rings is 1. The third-order valence-corrected chi connectivity index (χ3v) is 4.35. The fraction of sp³-hybridized carbons (Fsp3) is 0.368. The molecule has 3 rings (SSSR count). The number of hydrogen-bond donors (Lipinski definition) is 1. The van der Waals surface area contributed by atoms with Gasteiger partial charge in [-0.05, 0) is 29.2 Å². The number of benzene rings is 1. The molecular weight excluding hydrogens is 338 g/mol. The van der Waals surface area contributed by atoms with Gasteiger partial charge in [0.1, 0.15) is 6.10 Å². The summed E-state index contributed by atoms with van der Waals surface area (Å²) >= 11 is 5.79. The Bertz CT molecular complexity index is 733. The SMILES string of the molecule is CC(C)(C)c1ccc(NC(=O)N2CC(Oc3ccc(Cl)cn3)C2)cc1. The van der Waals surface area contributed by atoms with Crippen molar-refractivity contribution in [2.24, 2.45) is 0 Å². The molecule has 0 saturated carbocycles. The van der Waals surface area contributed by atoms with Gasteiger partial charge in [0.2, 0.25) is 5.88 Å². The van der Waals surface area contributed by atoms with Crippen LogP contribution in [-0.2, 0) is 5.41 Å². The van der Waals surface area contributed by atoms with Gasteiger partial charge in [-0.2, -0.15) is 0 Å². The Morgan fingerprint density at radius 2 is 1.88 bits per heavy atom. The van der Waals surface area contributed by atoms with Gasteiger partial charge in [-0.25, -0.2) is 9.78 Å². The van der Waals surface area contributed by atoms with Crippen molar-refractivity contribution in [1.82, 2.24) is 9.88 Å². The number of hydrogen-bond acceptors (Lipinski definition) is 3. The molecule has 0 radical (unpaired) electrons. The number of nitrogens with one attached hydrogen (secondary N) is 1. The number of likely N-dealkylation sites (tertiary alicyclic amines) is 1. The van der Waals surface area contributed by atoms with Crippen LogP contribution in [0.15, 0.2) is 42.6 Å². The second kappa shape index (κ2) is 6.92. The van der Waals surface area contributed by atoms with Crippen LogP contribution in [0.5, 0.6) is 5.88 Å². The highest BCUT2D eigenvalue weighted by Gasteiger charge is 2.32. The highest BCUT2D eigenvalue weighted by molar-refractivity contribution is 6.30. The number of carbonyl (C=O) groups excluding carboxylic acids is 1. The van der Waals surface area contributed by atoms with Gasteiger partial charge in [0, 0.05) is 18.0 Å². The van der Waals surface area contributed by atoms with Gasteiger partial charge >= 0.3 is 6.03 Å². The maximum absolute atomic E-state index is 12.2. The third kappa shape index (κ3) is 4.42. The number of anilines is 1. The largest absolute Gasteiger partial charge is 0.471 e. The van der Waals surface area contributed by atoms with Crippen LogP contribution in [0.25, 0.3) is 0 Å². The fourth-order valence-electron chi connectivity index (χ4n) is 2.54. The molecule has 25 heavy (non-hydrogen) atoms. The van der Waals surface area contributed by atoms with E-state index in [4.69, 9.17) is 16.3 Å². The lowest BCUT2D eigenvalue weighted by Crippen LogP contribution is -2.57. The Kier molecular flexibility index (Phi) is 4.86. The van der Waals surface area contributed by atoms with E-state index in [1.165, 1.54) is 5.56 Å². The van der Waals surface area contributed by atoms with E-state index in [9.17, 15) is 4.79 Å². The molecule has 0 atom stereocenters. The standard InChI is InChI=1S/C19H22ClN3O2/c1-19(2,3)13-4-7-15(8-5-13)22-18(24)23-11-16(12-23)25-17-9-6-14(20)10-21-17/h4-10,16H,11-12H2,1-3H3,(H,22,24). The van der Waals surface area contributed by atoms with E-state index < -0.39 is 0 Å². The Morgan fingerprint density at radius 3 is 2.44 bits per heavy atom. The predicted molar refractivity (Wildman–Crippen MR) is 99.4 cm³/mol. The Morgan fingerprint density at radius 1 is 1.20 bits per heavy atom.